The molecule has 0 aliphatic carbocycles. The summed E-state index contributed by atoms with van der Waals surface area (Å²) in [6.07, 6.45) is 0.190. The van der Waals surface area contributed by atoms with Crippen LogP contribution in [0.1, 0.15) is 40.4 Å². The molecule has 8 heteroatoms. The van der Waals surface area contributed by atoms with Crippen LogP contribution in [0.3, 0.4) is 0 Å². The fraction of sp³-hybridized carbons (Fsp3) is 0.192. The van der Waals surface area contributed by atoms with Crippen molar-refractivity contribution in [3.8, 4) is 0 Å². The lowest BCUT2D eigenvalue weighted by molar-refractivity contribution is -0.128. The number of anilines is 1. The van der Waals surface area contributed by atoms with E-state index in [1.54, 1.807) is 71.6 Å². The number of amides is 2. The normalized spacial score (nSPS) is 14.1. The van der Waals surface area contributed by atoms with Crippen LogP contribution in [0.2, 0.25) is 10.0 Å². The molecule has 1 saturated heterocycles. The Hall–Kier alpha value is -3.35. The van der Waals surface area contributed by atoms with Crippen molar-refractivity contribution in [1.82, 2.24) is 4.90 Å². The van der Waals surface area contributed by atoms with Gasteiger partial charge in [0.15, 0.2) is 0 Å². The lowest BCUT2D eigenvalue weighted by atomic mass is 10.1. The second kappa shape index (κ2) is 10.7. The molecule has 0 bridgehead atoms. The average Bonchev–Trinajstić information content (AvgIpc) is 3.21. The molecule has 1 N–H and O–H groups in total. The summed E-state index contributed by atoms with van der Waals surface area (Å²) in [6.45, 7) is 1.13. The number of carbonyl (C=O) groups is 3. The standard InChI is InChI=1S/C26H22Cl2N2O4/c27-20-13-21(28)15-22(14-20)29-25(32)24(18-7-2-1-3-8-18)34-26(33)19-9-4-6-17(12-19)16-30-11-5-10-23(30)31/h1-4,6-9,12-15,24H,5,10-11,16H2,(H,29,32). The first kappa shape index (κ1) is 23.8. The largest absolute Gasteiger partial charge is 0.444 e. The van der Waals surface area contributed by atoms with Gasteiger partial charge >= 0.3 is 5.97 Å². The number of halogens is 2. The summed E-state index contributed by atoms with van der Waals surface area (Å²) in [5, 5.41) is 3.44. The fourth-order valence-corrected chi connectivity index (χ4v) is 4.32. The number of ether oxygens (including phenoxy) is 1. The number of esters is 1. The van der Waals surface area contributed by atoms with Crippen molar-refractivity contribution in [2.45, 2.75) is 25.5 Å². The Kier molecular flexibility index (Phi) is 7.50. The van der Waals surface area contributed by atoms with Gasteiger partial charge in [0.2, 0.25) is 12.0 Å². The Labute approximate surface area is 207 Å². The summed E-state index contributed by atoms with van der Waals surface area (Å²) in [5.41, 5.74) is 2.01. The molecule has 1 atom stereocenters. The summed E-state index contributed by atoms with van der Waals surface area (Å²) < 4.78 is 5.67. The maximum absolute atomic E-state index is 13.1. The third-order valence-electron chi connectivity index (χ3n) is 5.40. The van der Waals surface area contributed by atoms with Crippen molar-refractivity contribution in [2.75, 3.05) is 11.9 Å². The number of benzene rings is 3. The molecule has 1 aliphatic heterocycles. The van der Waals surface area contributed by atoms with E-state index >= 15 is 0 Å². The van der Waals surface area contributed by atoms with Crippen molar-refractivity contribution in [3.63, 3.8) is 0 Å². The number of rotatable bonds is 7. The van der Waals surface area contributed by atoms with Crippen LogP contribution in [0.4, 0.5) is 5.69 Å². The van der Waals surface area contributed by atoms with Gasteiger partial charge in [0.1, 0.15) is 0 Å². The topological polar surface area (TPSA) is 75.7 Å². The van der Waals surface area contributed by atoms with E-state index in [0.717, 1.165) is 12.0 Å². The van der Waals surface area contributed by atoms with E-state index in [9.17, 15) is 14.4 Å². The number of nitrogens with one attached hydrogen (secondary N) is 1. The molecule has 6 nitrogen and oxygen atoms in total. The summed E-state index contributed by atoms with van der Waals surface area (Å²) in [7, 11) is 0. The Bertz CT molecular complexity index is 1200. The molecule has 3 aromatic carbocycles. The maximum atomic E-state index is 13.1. The highest BCUT2D eigenvalue weighted by Crippen LogP contribution is 2.26. The first-order chi connectivity index (χ1) is 16.4. The van der Waals surface area contributed by atoms with Crippen LogP contribution in [0.15, 0.2) is 72.8 Å². The van der Waals surface area contributed by atoms with Gasteiger partial charge in [0.25, 0.3) is 5.91 Å². The molecule has 0 saturated carbocycles. The summed E-state index contributed by atoms with van der Waals surface area (Å²) in [5.74, 6) is -1.09. The Morgan fingerprint density at radius 2 is 1.71 bits per heavy atom. The zero-order chi connectivity index (χ0) is 24.1. The number of hydrogen-bond acceptors (Lipinski definition) is 4. The zero-order valence-electron chi connectivity index (χ0n) is 18.2. The Balaban J connectivity index is 1.53. The molecule has 3 aromatic rings. The predicted octanol–water partition coefficient (Wildman–Crippen LogP) is 5.65. The second-order valence-corrected chi connectivity index (χ2v) is 8.84. The Morgan fingerprint density at radius 1 is 0.971 bits per heavy atom. The van der Waals surface area contributed by atoms with E-state index in [0.29, 0.717) is 46.4 Å². The van der Waals surface area contributed by atoms with E-state index in [1.165, 1.54) is 0 Å². The highest BCUT2D eigenvalue weighted by atomic mass is 35.5. The lowest BCUT2D eigenvalue weighted by Crippen LogP contribution is -2.26. The van der Waals surface area contributed by atoms with E-state index < -0.39 is 18.0 Å². The molecule has 2 amide bonds. The molecule has 1 fully saturated rings. The van der Waals surface area contributed by atoms with E-state index in [1.807, 2.05) is 6.07 Å². The molecular weight excluding hydrogens is 475 g/mol. The first-order valence-electron chi connectivity index (χ1n) is 10.8. The van der Waals surface area contributed by atoms with E-state index in [-0.39, 0.29) is 5.91 Å². The van der Waals surface area contributed by atoms with Gasteiger partial charge in [-0.3, -0.25) is 9.59 Å². The minimum absolute atomic E-state index is 0.106. The molecule has 0 spiro atoms. The van der Waals surface area contributed by atoms with Crippen molar-refractivity contribution >= 4 is 46.7 Å². The van der Waals surface area contributed by atoms with E-state index in [4.69, 9.17) is 27.9 Å². The molecule has 0 radical (unpaired) electrons. The van der Waals surface area contributed by atoms with Crippen molar-refractivity contribution in [2.24, 2.45) is 0 Å². The average molecular weight is 497 g/mol. The maximum Gasteiger partial charge on any atom is 0.339 e. The van der Waals surface area contributed by atoms with Gasteiger partial charge in [-0.25, -0.2) is 4.79 Å². The van der Waals surface area contributed by atoms with Gasteiger partial charge in [0, 0.05) is 40.8 Å². The SMILES string of the molecule is O=C(OC(C(=O)Nc1cc(Cl)cc(Cl)c1)c1ccccc1)c1cccc(CN2CCCC2=O)c1. The van der Waals surface area contributed by atoms with Gasteiger partial charge in [0.05, 0.1) is 5.56 Å². The van der Waals surface area contributed by atoms with Crippen LogP contribution < -0.4 is 5.32 Å². The summed E-state index contributed by atoms with van der Waals surface area (Å²) in [4.78, 5) is 39.8. The van der Waals surface area contributed by atoms with Crippen LogP contribution in [0.5, 0.6) is 0 Å². The predicted molar refractivity (Wildman–Crippen MR) is 131 cm³/mol. The lowest BCUT2D eigenvalue weighted by Gasteiger charge is -2.19. The van der Waals surface area contributed by atoms with Crippen molar-refractivity contribution < 1.29 is 19.1 Å². The Morgan fingerprint density at radius 3 is 2.38 bits per heavy atom. The smallest absolute Gasteiger partial charge is 0.339 e. The van der Waals surface area contributed by atoms with Crippen LogP contribution in [-0.2, 0) is 20.9 Å². The monoisotopic (exact) mass is 496 g/mol. The quantitative estimate of drug-likeness (QED) is 0.428. The molecule has 0 aromatic heterocycles. The van der Waals surface area contributed by atoms with Gasteiger partial charge in [-0.1, -0.05) is 65.7 Å². The second-order valence-electron chi connectivity index (χ2n) is 7.96. The number of nitrogens with zero attached hydrogens (tertiary/aromatic N) is 1. The minimum Gasteiger partial charge on any atom is -0.444 e. The summed E-state index contributed by atoms with van der Waals surface area (Å²) >= 11 is 12.1. The van der Waals surface area contributed by atoms with Crippen molar-refractivity contribution in [1.29, 1.82) is 0 Å². The third kappa shape index (κ3) is 5.95. The number of hydrogen-bond donors (Lipinski definition) is 1. The highest BCUT2D eigenvalue weighted by molar-refractivity contribution is 6.35. The fourth-order valence-electron chi connectivity index (χ4n) is 3.80. The van der Waals surface area contributed by atoms with Crippen LogP contribution in [0.25, 0.3) is 0 Å². The third-order valence-corrected chi connectivity index (χ3v) is 5.84. The van der Waals surface area contributed by atoms with Gasteiger partial charge < -0.3 is 15.0 Å². The number of carbonyl (C=O) groups excluding carboxylic acids is 3. The molecule has 174 valence electrons. The molecule has 1 unspecified atom stereocenters. The molecule has 34 heavy (non-hydrogen) atoms. The van der Waals surface area contributed by atoms with E-state index in [2.05, 4.69) is 5.32 Å². The van der Waals surface area contributed by atoms with Crippen LogP contribution >= 0.6 is 23.2 Å². The van der Waals surface area contributed by atoms with Gasteiger partial charge in [-0.15, -0.1) is 0 Å². The van der Waals surface area contributed by atoms with Crippen LogP contribution in [-0.4, -0.2) is 29.2 Å². The van der Waals surface area contributed by atoms with Crippen LogP contribution in [0, 0.1) is 0 Å². The van der Waals surface area contributed by atoms with Gasteiger partial charge in [-0.05, 0) is 42.3 Å². The molecule has 1 heterocycles. The number of likely N-dealkylation sites (tertiary alicyclic amines) is 1. The minimum atomic E-state index is -1.20. The molecular formula is C26H22Cl2N2O4. The van der Waals surface area contributed by atoms with Gasteiger partial charge in [-0.2, -0.15) is 0 Å². The van der Waals surface area contributed by atoms with Crippen molar-refractivity contribution in [3.05, 3.63) is 99.5 Å². The molecule has 4 rings (SSSR count). The first-order valence-corrected chi connectivity index (χ1v) is 11.5. The molecule has 1 aliphatic rings. The zero-order valence-corrected chi connectivity index (χ0v) is 19.7. The highest BCUT2D eigenvalue weighted by Gasteiger charge is 2.26. The summed E-state index contributed by atoms with van der Waals surface area (Å²) in [6, 6.07) is 20.3.